The average Bonchev–Trinajstić information content (AvgIpc) is 2.45. The highest BCUT2D eigenvalue weighted by Crippen LogP contribution is 2.35. The van der Waals surface area contributed by atoms with Gasteiger partial charge in [0.15, 0.2) is 0 Å². The summed E-state index contributed by atoms with van der Waals surface area (Å²) in [7, 11) is 0. The zero-order valence-electron chi connectivity index (χ0n) is 14.5. The largest absolute Gasteiger partial charge is 0.465 e. The van der Waals surface area contributed by atoms with Crippen LogP contribution in [0.2, 0.25) is 0 Å². The predicted octanol–water partition coefficient (Wildman–Crippen LogP) is 3.25. The molecule has 1 aromatic rings. The van der Waals surface area contributed by atoms with Crippen LogP contribution in [0.5, 0.6) is 0 Å². The fourth-order valence-corrected chi connectivity index (χ4v) is 2.35. The summed E-state index contributed by atoms with van der Waals surface area (Å²) in [5, 5.41) is 13.3. The van der Waals surface area contributed by atoms with Gasteiger partial charge in [-0.3, -0.25) is 10.1 Å². The first-order chi connectivity index (χ1) is 11.5. The van der Waals surface area contributed by atoms with E-state index in [0.29, 0.717) is 6.42 Å². The van der Waals surface area contributed by atoms with Crippen molar-refractivity contribution in [2.45, 2.75) is 45.3 Å². The van der Waals surface area contributed by atoms with E-state index in [-0.39, 0.29) is 23.9 Å². The molecule has 9 heteroatoms. The van der Waals surface area contributed by atoms with Gasteiger partial charge < -0.3 is 9.47 Å². The lowest BCUT2D eigenvalue weighted by atomic mass is 9.88. The molecule has 1 atom stereocenters. The van der Waals surface area contributed by atoms with Crippen LogP contribution < -0.4 is 5.32 Å². The molecule has 0 fully saturated rings. The average molecular weight is 353 g/mol. The number of amides is 1. The zero-order chi connectivity index (χ0) is 18.8. The normalized spacial score (nSPS) is 20.3. The highest BCUT2D eigenvalue weighted by molar-refractivity contribution is 5.91. The van der Waals surface area contributed by atoms with E-state index in [2.05, 4.69) is 10.3 Å². The molecule has 1 N–H and O–H groups in total. The van der Waals surface area contributed by atoms with E-state index in [1.54, 1.807) is 27.7 Å². The lowest BCUT2D eigenvalue weighted by Gasteiger charge is -2.31. The summed E-state index contributed by atoms with van der Waals surface area (Å²) < 4.78 is 24.6. The van der Waals surface area contributed by atoms with E-state index in [1.807, 2.05) is 0 Å². The van der Waals surface area contributed by atoms with Crippen molar-refractivity contribution in [1.82, 2.24) is 5.32 Å². The topological polar surface area (TPSA) is 103 Å². The minimum Gasteiger partial charge on any atom is -0.465 e. The third-order valence-electron chi connectivity index (χ3n) is 3.52. The Kier molecular flexibility index (Phi) is 4.96. The summed E-state index contributed by atoms with van der Waals surface area (Å²) in [6, 6.07) is 3.15. The van der Waals surface area contributed by atoms with Gasteiger partial charge in [-0.25, -0.2) is 19.5 Å². The molecule has 0 saturated carbocycles. The number of non-ortho nitro benzene ring substituents is 1. The molecule has 25 heavy (non-hydrogen) atoms. The van der Waals surface area contributed by atoms with Gasteiger partial charge in [0.25, 0.3) is 11.7 Å². The maximum absolute atomic E-state index is 14.2. The van der Waals surface area contributed by atoms with Gasteiger partial charge in [-0.05, 0) is 33.8 Å². The van der Waals surface area contributed by atoms with Crippen LogP contribution in [-0.2, 0) is 15.0 Å². The molecular weight excluding hydrogens is 333 g/mol. The van der Waals surface area contributed by atoms with E-state index >= 15 is 0 Å². The van der Waals surface area contributed by atoms with Crippen LogP contribution in [0, 0.1) is 15.9 Å². The summed E-state index contributed by atoms with van der Waals surface area (Å²) in [6.07, 6.45) is -0.458. The first-order valence-corrected chi connectivity index (χ1v) is 7.67. The van der Waals surface area contributed by atoms with E-state index in [1.165, 1.54) is 0 Å². The van der Waals surface area contributed by atoms with Crippen LogP contribution in [0.15, 0.2) is 23.2 Å². The van der Waals surface area contributed by atoms with Crippen LogP contribution in [0.1, 0.15) is 39.7 Å². The number of carbonyl (C=O) groups is 1. The first kappa shape index (κ1) is 18.6. The number of amidine groups is 1. The molecule has 1 aromatic carbocycles. The van der Waals surface area contributed by atoms with Crippen molar-refractivity contribution < 1.29 is 23.6 Å². The van der Waals surface area contributed by atoms with Crippen LogP contribution >= 0.6 is 0 Å². The summed E-state index contributed by atoms with van der Waals surface area (Å²) >= 11 is 0. The maximum Gasteiger partial charge on any atom is 0.415 e. The number of ether oxygens (including phenoxy) is 2. The number of benzene rings is 1. The molecule has 0 bridgehead atoms. The number of halogens is 1. The number of aliphatic imine (C=N–C) groups is 1. The number of rotatable bonds is 2. The highest BCUT2D eigenvalue weighted by atomic mass is 19.1. The number of alkyl carbamates (subject to hydrolysis) is 1. The van der Waals surface area contributed by atoms with Crippen molar-refractivity contribution in [3.8, 4) is 0 Å². The first-order valence-electron chi connectivity index (χ1n) is 7.67. The Bertz CT molecular complexity index is 729. The Morgan fingerprint density at radius 1 is 1.48 bits per heavy atom. The molecule has 0 aromatic heterocycles. The minimum absolute atomic E-state index is 0.0634. The van der Waals surface area contributed by atoms with E-state index in [9.17, 15) is 19.3 Å². The molecule has 136 valence electrons. The van der Waals surface area contributed by atoms with Crippen LogP contribution in [-0.4, -0.2) is 29.2 Å². The summed E-state index contributed by atoms with van der Waals surface area (Å²) in [5.74, 6) is -0.615. The van der Waals surface area contributed by atoms with Gasteiger partial charge in [-0.1, -0.05) is 0 Å². The molecule has 0 radical (unpaired) electrons. The van der Waals surface area contributed by atoms with Gasteiger partial charge in [-0.2, -0.15) is 0 Å². The van der Waals surface area contributed by atoms with Crippen molar-refractivity contribution in [3.63, 3.8) is 0 Å². The predicted molar refractivity (Wildman–Crippen MR) is 87.8 cm³/mol. The highest BCUT2D eigenvalue weighted by Gasteiger charge is 2.35. The maximum atomic E-state index is 14.2. The van der Waals surface area contributed by atoms with E-state index in [4.69, 9.17) is 9.47 Å². The molecule has 0 spiro atoms. The lowest BCUT2D eigenvalue weighted by molar-refractivity contribution is -0.385. The summed E-state index contributed by atoms with van der Waals surface area (Å²) in [4.78, 5) is 26.4. The molecule has 1 amide bonds. The van der Waals surface area contributed by atoms with Crippen molar-refractivity contribution in [2.24, 2.45) is 4.99 Å². The van der Waals surface area contributed by atoms with Crippen molar-refractivity contribution in [3.05, 3.63) is 39.7 Å². The summed E-state index contributed by atoms with van der Waals surface area (Å²) in [6.45, 7) is 6.90. The number of hydrogen-bond donors (Lipinski definition) is 1. The molecule has 1 unspecified atom stereocenters. The zero-order valence-corrected chi connectivity index (χ0v) is 14.5. The molecule has 0 aliphatic carbocycles. The fourth-order valence-electron chi connectivity index (χ4n) is 2.35. The number of nitrogens with zero attached hydrogens (tertiary/aromatic N) is 2. The lowest BCUT2D eigenvalue weighted by Crippen LogP contribution is -2.42. The minimum atomic E-state index is -1.11. The van der Waals surface area contributed by atoms with Gasteiger partial charge >= 0.3 is 6.09 Å². The number of nitro groups is 1. The molecule has 0 saturated heterocycles. The van der Waals surface area contributed by atoms with Gasteiger partial charge in [0.05, 0.1) is 17.1 Å². The van der Waals surface area contributed by atoms with Crippen LogP contribution in [0.25, 0.3) is 0 Å². The fraction of sp³-hybridized carbons (Fsp3) is 0.500. The third kappa shape index (κ3) is 4.65. The van der Waals surface area contributed by atoms with Crippen molar-refractivity contribution in [2.75, 3.05) is 6.61 Å². The van der Waals surface area contributed by atoms with Gasteiger partial charge in [-0.15, -0.1) is 0 Å². The number of nitro benzene ring substituents is 1. The van der Waals surface area contributed by atoms with Crippen LogP contribution in [0.3, 0.4) is 0 Å². The van der Waals surface area contributed by atoms with E-state index in [0.717, 1.165) is 18.2 Å². The second kappa shape index (κ2) is 6.66. The molecule has 1 aliphatic rings. The standard InChI is InChI=1S/C16H20FN3O5/c1-15(2,3)25-14(21)18-13-19-16(4,7-8-24-13)11-9-10(20(22)23)5-6-12(11)17/h5-6,9H,7-8H2,1-4H3,(H,18,19,21). The summed E-state index contributed by atoms with van der Waals surface area (Å²) in [5.41, 5.74) is -1.98. The SMILES string of the molecule is CC(C)(C)OC(=O)NC1=NC(C)(c2cc([N+](=O)[O-])ccc2F)CCO1. The molecular formula is C16H20FN3O5. The van der Waals surface area contributed by atoms with Crippen molar-refractivity contribution >= 4 is 17.8 Å². The molecule has 2 rings (SSSR count). The van der Waals surface area contributed by atoms with Gasteiger partial charge in [0.1, 0.15) is 11.4 Å². The quantitative estimate of drug-likeness (QED) is 0.649. The Morgan fingerprint density at radius 2 is 2.16 bits per heavy atom. The number of hydrogen-bond acceptors (Lipinski definition) is 6. The molecule has 1 heterocycles. The Labute approximate surface area is 144 Å². The molecule has 1 aliphatic heterocycles. The number of nitrogens with one attached hydrogen (secondary N) is 1. The Morgan fingerprint density at radius 3 is 2.76 bits per heavy atom. The monoisotopic (exact) mass is 353 g/mol. The Balaban J connectivity index is 2.30. The smallest absolute Gasteiger partial charge is 0.415 e. The number of carbonyl (C=O) groups excluding carboxylic acids is 1. The van der Waals surface area contributed by atoms with Crippen molar-refractivity contribution in [1.29, 1.82) is 0 Å². The van der Waals surface area contributed by atoms with E-state index < -0.39 is 28.0 Å². The van der Waals surface area contributed by atoms with Crippen LogP contribution in [0.4, 0.5) is 14.9 Å². The second-order valence-electron chi connectivity index (χ2n) is 6.84. The second-order valence-corrected chi connectivity index (χ2v) is 6.84. The van der Waals surface area contributed by atoms with Gasteiger partial charge in [0, 0.05) is 24.1 Å². The Hall–Kier alpha value is -2.71. The van der Waals surface area contributed by atoms with Gasteiger partial charge in [0.2, 0.25) is 0 Å². The third-order valence-corrected chi connectivity index (χ3v) is 3.52. The molecule has 8 nitrogen and oxygen atoms in total.